The van der Waals surface area contributed by atoms with Gasteiger partial charge in [0.15, 0.2) is 0 Å². The minimum atomic E-state index is -1.82. The highest BCUT2D eigenvalue weighted by atomic mass is 16.4. The van der Waals surface area contributed by atoms with Crippen molar-refractivity contribution in [2.24, 2.45) is 0 Å². The van der Waals surface area contributed by atoms with Crippen molar-refractivity contribution >= 4 is 17.8 Å². The Balaban J connectivity index is 2.69. The van der Waals surface area contributed by atoms with Gasteiger partial charge in [-0.1, -0.05) is 12.1 Å². The summed E-state index contributed by atoms with van der Waals surface area (Å²) in [6.07, 6.45) is -2.69. The van der Waals surface area contributed by atoms with E-state index in [1.165, 1.54) is 24.3 Å². The van der Waals surface area contributed by atoms with Crippen molar-refractivity contribution in [2.75, 3.05) is 0 Å². The summed E-state index contributed by atoms with van der Waals surface area (Å²) in [4.78, 5) is 33.0. The van der Waals surface area contributed by atoms with Crippen LogP contribution >= 0.6 is 0 Å². The lowest BCUT2D eigenvalue weighted by atomic mass is 10.1. The summed E-state index contributed by atoms with van der Waals surface area (Å²) in [6, 6.07) is 4.41. The summed E-state index contributed by atoms with van der Waals surface area (Å²) in [7, 11) is 0. The quantitative estimate of drug-likeness (QED) is 0.449. The van der Waals surface area contributed by atoms with Gasteiger partial charge in [-0.3, -0.25) is 9.59 Å². The number of carboxylic acid groups (broad SMARTS) is 2. The van der Waals surface area contributed by atoms with Gasteiger partial charge >= 0.3 is 11.9 Å². The third-order valence-electron chi connectivity index (χ3n) is 2.66. The van der Waals surface area contributed by atoms with E-state index in [0.29, 0.717) is 5.56 Å². The molecule has 0 heterocycles. The second kappa shape index (κ2) is 7.25. The van der Waals surface area contributed by atoms with E-state index >= 15 is 0 Å². The van der Waals surface area contributed by atoms with E-state index < -0.39 is 36.4 Å². The van der Waals surface area contributed by atoms with Crippen LogP contribution in [-0.4, -0.2) is 50.4 Å². The first-order chi connectivity index (χ1) is 9.79. The van der Waals surface area contributed by atoms with Crippen LogP contribution in [0.1, 0.15) is 12.0 Å². The number of hydrogen-bond acceptors (Lipinski definition) is 5. The molecule has 8 nitrogen and oxygen atoms in total. The molecular weight excluding hydrogens is 282 g/mol. The van der Waals surface area contributed by atoms with Gasteiger partial charge in [0.05, 0.1) is 6.42 Å². The number of carbonyl (C=O) groups excluding carboxylic acids is 1. The molecule has 0 bridgehead atoms. The maximum atomic E-state index is 11.5. The number of aliphatic hydroxyl groups is 1. The number of aliphatic hydroxyl groups excluding tert-OH is 1. The number of carbonyl (C=O) groups is 3. The number of rotatable bonds is 7. The van der Waals surface area contributed by atoms with Crippen LogP contribution in [0.2, 0.25) is 0 Å². The Hall–Kier alpha value is -2.61. The molecule has 5 N–H and O–H groups in total. The summed E-state index contributed by atoms with van der Waals surface area (Å²) in [6.45, 7) is 0. The second-order valence-electron chi connectivity index (χ2n) is 4.38. The van der Waals surface area contributed by atoms with Crippen molar-refractivity contribution in [1.29, 1.82) is 0 Å². The molecule has 0 spiro atoms. The van der Waals surface area contributed by atoms with Crippen LogP contribution in [0.3, 0.4) is 0 Å². The predicted molar refractivity (Wildman–Crippen MR) is 69.6 cm³/mol. The Morgan fingerprint density at radius 1 is 1.10 bits per heavy atom. The van der Waals surface area contributed by atoms with E-state index in [2.05, 4.69) is 5.32 Å². The molecule has 0 aliphatic carbocycles. The van der Waals surface area contributed by atoms with Crippen LogP contribution in [-0.2, 0) is 20.8 Å². The first-order valence-corrected chi connectivity index (χ1v) is 6.00. The molecule has 2 atom stereocenters. The lowest BCUT2D eigenvalue weighted by Crippen LogP contribution is -2.47. The van der Waals surface area contributed by atoms with Gasteiger partial charge in [0, 0.05) is 6.42 Å². The summed E-state index contributed by atoms with van der Waals surface area (Å²) >= 11 is 0. The van der Waals surface area contributed by atoms with Crippen molar-refractivity contribution in [3.63, 3.8) is 0 Å². The minimum absolute atomic E-state index is 0.0199. The highest BCUT2D eigenvalue weighted by Gasteiger charge is 2.25. The monoisotopic (exact) mass is 297 g/mol. The van der Waals surface area contributed by atoms with Crippen LogP contribution in [0.15, 0.2) is 24.3 Å². The summed E-state index contributed by atoms with van der Waals surface area (Å²) < 4.78 is 0. The van der Waals surface area contributed by atoms with Crippen LogP contribution < -0.4 is 5.32 Å². The van der Waals surface area contributed by atoms with Crippen LogP contribution in [0.25, 0.3) is 0 Å². The molecule has 0 saturated heterocycles. The van der Waals surface area contributed by atoms with Gasteiger partial charge in [-0.2, -0.15) is 0 Å². The molecule has 21 heavy (non-hydrogen) atoms. The lowest BCUT2D eigenvalue weighted by molar-refractivity contribution is -0.146. The second-order valence-corrected chi connectivity index (χ2v) is 4.38. The molecule has 1 rings (SSSR count). The number of carboxylic acids is 2. The minimum Gasteiger partial charge on any atom is -0.508 e. The molecule has 0 saturated carbocycles. The normalized spacial score (nSPS) is 13.2. The van der Waals surface area contributed by atoms with Gasteiger partial charge in [0.25, 0.3) is 0 Å². The lowest BCUT2D eigenvalue weighted by Gasteiger charge is -2.16. The van der Waals surface area contributed by atoms with Gasteiger partial charge < -0.3 is 25.7 Å². The van der Waals surface area contributed by atoms with Crippen molar-refractivity contribution in [1.82, 2.24) is 5.32 Å². The fourth-order valence-electron chi connectivity index (χ4n) is 1.59. The Kier molecular flexibility index (Phi) is 5.67. The van der Waals surface area contributed by atoms with Crippen LogP contribution in [0.4, 0.5) is 0 Å². The number of aromatic hydroxyl groups is 1. The number of phenols is 1. The molecule has 1 aromatic carbocycles. The number of hydrogen-bond donors (Lipinski definition) is 5. The first kappa shape index (κ1) is 16.4. The number of amides is 1. The zero-order valence-corrected chi connectivity index (χ0v) is 10.9. The van der Waals surface area contributed by atoms with Crippen molar-refractivity contribution in [3.05, 3.63) is 29.8 Å². The van der Waals surface area contributed by atoms with Crippen molar-refractivity contribution in [2.45, 2.75) is 25.0 Å². The number of benzene rings is 1. The standard InChI is InChI=1S/C13H15NO7/c15-8-3-1-7(2-4-8)5-9(13(20)21)14-12(19)10(16)6-11(17)18/h1-4,9-10,15-16H,5-6H2,(H,14,19)(H,17,18)(H,20,21)/t9-,10?/m0/s1. The topological polar surface area (TPSA) is 144 Å². The van der Waals surface area contributed by atoms with Crippen molar-refractivity contribution in [3.8, 4) is 5.75 Å². The fraction of sp³-hybridized carbons (Fsp3) is 0.308. The van der Waals surface area contributed by atoms with Crippen LogP contribution in [0.5, 0.6) is 5.75 Å². The molecule has 0 aliphatic heterocycles. The maximum absolute atomic E-state index is 11.5. The van der Waals surface area contributed by atoms with E-state index in [4.69, 9.17) is 15.3 Å². The van der Waals surface area contributed by atoms with E-state index in [0.717, 1.165) is 0 Å². The zero-order valence-electron chi connectivity index (χ0n) is 10.9. The third kappa shape index (κ3) is 5.49. The van der Waals surface area contributed by atoms with Crippen LogP contribution in [0, 0.1) is 0 Å². The number of nitrogens with one attached hydrogen (secondary N) is 1. The molecule has 0 fully saturated rings. The average Bonchev–Trinajstić information content (AvgIpc) is 2.39. The SMILES string of the molecule is O=C(O)CC(O)C(=O)N[C@@H](Cc1ccc(O)cc1)C(=O)O. The summed E-state index contributed by atoms with van der Waals surface area (Å²) in [5.74, 6) is -3.74. The zero-order chi connectivity index (χ0) is 16.0. The summed E-state index contributed by atoms with van der Waals surface area (Å²) in [5.41, 5.74) is 0.549. The Morgan fingerprint density at radius 3 is 2.14 bits per heavy atom. The molecule has 1 amide bonds. The van der Waals surface area contributed by atoms with Gasteiger partial charge in [0.2, 0.25) is 5.91 Å². The number of aliphatic carboxylic acids is 2. The van der Waals surface area contributed by atoms with Gasteiger partial charge in [-0.05, 0) is 17.7 Å². The average molecular weight is 297 g/mol. The van der Waals surface area contributed by atoms with Crippen molar-refractivity contribution < 1.29 is 34.8 Å². The highest BCUT2D eigenvalue weighted by molar-refractivity contribution is 5.88. The highest BCUT2D eigenvalue weighted by Crippen LogP contribution is 2.11. The first-order valence-electron chi connectivity index (χ1n) is 6.00. The molecule has 8 heteroatoms. The fourth-order valence-corrected chi connectivity index (χ4v) is 1.59. The Bertz CT molecular complexity index is 526. The van der Waals surface area contributed by atoms with Gasteiger partial charge in [-0.15, -0.1) is 0 Å². The smallest absolute Gasteiger partial charge is 0.326 e. The molecule has 0 aliphatic rings. The predicted octanol–water partition coefficient (Wildman–Crippen LogP) is -0.660. The molecule has 0 radical (unpaired) electrons. The maximum Gasteiger partial charge on any atom is 0.326 e. The van der Waals surface area contributed by atoms with E-state index in [1.807, 2.05) is 0 Å². The molecule has 1 unspecified atom stereocenters. The van der Waals surface area contributed by atoms with E-state index in [1.54, 1.807) is 0 Å². The van der Waals surface area contributed by atoms with E-state index in [-0.39, 0.29) is 12.2 Å². The Labute approximate surface area is 119 Å². The molecule has 114 valence electrons. The summed E-state index contributed by atoms with van der Waals surface area (Å²) in [5, 5.41) is 38.0. The third-order valence-corrected chi connectivity index (χ3v) is 2.66. The largest absolute Gasteiger partial charge is 0.508 e. The number of phenolic OH excluding ortho intramolecular Hbond substituents is 1. The van der Waals surface area contributed by atoms with Gasteiger partial charge in [-0.25, -0.2) is 4.79 Å². The molecule has 0 aromatic heterocycles. The van der Waals surface area contributed by atoms with Gasteiger partial charge in [0.1, 0.15) is 17.9 Å². The Morgan fingerprint density at radius 2 is 1.67 bits per heavy atom. The molecule has 1 aromatic rings. The van der Waals surface area contributed by atoms with E-state index in [9.17, 15) is 19.5 Å². The molecular formula is C13H15NO7.